The van der Waals surface area contributed by atoms with Gasteiger partial charge in [0.2, 0.25) is 5.82 Å². The van der Waals surface area contributed by atoms with Crippen LogP contribution in [0.15, 0.2) is 6.33 Å². The average molecular weight is 375 g/mol. The number of aromatic nitrogens is 4. The fourth-order valence-electron chi connectivity index (χ4n) is 3.50. The second-order valence-corrected chi connectivity index (χ2v) is 7.56. The van der Waals surface area contributed by atoms with Crippen molar-refractivity contribution in [3.63, 3.8) is 0 Å². The van der Waals surface area contributed by atoms with Crippen LogP contribution in [0, 0.1) is 0 Å². The highest BCUT2D eigenvalue weighted by Gasteiger charge is 2.26. The van der Waals surface area contributed by atoms with Crippen molar-refractivity contribution >= 4 is 33.1 Å². The molecule has 9 heteroatoms. The van der Waals surface area contributed by atoms with Gasteiger partial charge in [0.15, 0.2) is 11.9 Å². The summed E-state index contributed by atoms with van der Waals surface area (Å²) in [6.07, 6.45) is 4.58. The molecule has 26 heavy (non-hydrogen) atoms. The number of nitrogens with zero attached hydrogens (tertiary/aromatic N) is 4. The highest BCUT2D eigenvalue weighted by atomic mass is 32.1. The number of aryl methyl sites for hydroxylation is 1. The molecule has 0 saturated heterocycles. The minimum Gasteiger partial charge on any atom is -0.354 e. The van der Waals surface area contributed by atoms with Crippen molar-refractivity contribution < 1.29 is 14.3 Å². The van der Waals surface area contributed by atoms with Crippen LogP contribution in [0.4, 0.5) is 0 Å². The van der Waals surface area contributed by atoms with Gasteiger partial charge in [0.25, 0.3) is 5.91 Å². The summed E-state index contributed by atoms with van der Waals surface area (Å²) in [6.45, 7) is 2.47. The molecule has 3 aromatic rings. The quantitative estimate of drug-likeness (QED) is 0.687. The predicted octanol–water partition coefficient (Wildman–Crippen LogP) is 2.13. The molecule has 0 aliphatic heterocycles. The van der Waals surface area contributed by atoms with Gasteiger partial charge in [-0.1, -0.05) is 6.92 Å². The van der Waals surface area contributed by atoms with E-state index < -0.39 is 6.29 Å². The first kappa shape index (κ1) is 17.3. The normalized spacial score (nSPS) is 17.2. The van der Waals surface area contributed by atoms with Crippen LogP contribution in [0.1, 0.15) is 46.7 Å². The molecule has 3 aromatic heterocycles. The standard InChI is InChI=1S/C17H21N5O3S/c1-9-5-4-6-10-12(9)13-15-20-14(16(23)18-7-11(24-2)25-3)21-22(15)8-19-17(13)26-10/h8-9,11H,4-7H2,1-3H3,(H,18,23)/t9-/m1/s1. The Labute approximate surface area is 154 Å². The molecule has 0 aromatic carbocycles. The summed E-state index contributed by atoms with van der Waals surface area (Å²) in [7, 11) is 3.04. The Kier molecular flexibility index (Phi) is 4.60. The smallest absolute Gasteiger partial charge is 0.291 e. The number of hydrogen-bond acceptors (Lipinski definition) is 7. The summed E-state index contributed by atoms with van der Waals surface area (Å²) in [4.78, 5) is 23.8. The number of ether oxygens (including phenoxy) is 2. The maximum absolute atomic E-state index is 12.4. The minimum absolute atomic E-state index is 0.119. The third-order valence-electron chi connectivity index (χ3n) is 4.83. The minimum atomic E-state index is -0.505. The van der Waals surface area contributed by atoms with Crippen molar-refractivity contribution in [2.24, 2.45) is 0 Å². The molecular weight excluding hydrogens is 354 g/mol. The molecule has 1 aliphatic rings. The van der Waals surface area contributed by atoms with Crippen LogP contribution in [0.25, 0.3) is 15.9 Å². The molecule has 0 unspecified atom stereocenters. The first-order chi connectivity index (χ1) is 12.6. The van der Waals surface area contributed by atoms with Gasteiger partial charge in [-0.25, -0.2) is 14.5 Å². The monoisotopic (exact) mass is 375 g/mol. The zero-order chi connectivity index (χ0) is 18.3. The molecule has 0 radical (unpaired) electrons. The maximum atomic E-state index is 12.4. The summed E-state index contributed by atoms with van der Waals surface area (Å²) in [5, 5.41) is 8.07. The zero-order valence-electron chi connectivity index (χ0n) is 15.0. The van der Waals surface area contributed by atoms with Gasteiger partial charge in [0, 0.05) is 19.1 Å². The molecule has 1 amide bonds. The van der Waals surface area contributed by atoms with E-state index in [2.05, 4.69) is 27.3 Å². The van der Waals surface area contributed by atoms with Crippen molar-refractivity contribution in [2.75, 3.05) is 20.8 Å². The van der Waals surface area contributed by atoms with E-state index in [4.69, 9.17) is 9.47 Å². The maximum Gasteiger partial charge on any atom is 0.291 e. The Morgan fingerprint density at radius 2 is 2.27 bits per heavy atom. The number of carbonyl (C=O) groups excluding carboxylic acids is 1. The number of nitrogens with one attached hydrogen (secondary N) is 1. The summed E-state index contributed by atoms with van der Waals surface area (Å²) < 4.78 is 11.7. The highest BCUT2D eigenvalue weighted by molar-refractivity contribution is 7.19. The zero-order valence-corrected chi connectivity index (χ0v) is 15.8. The Morgan fingerprint density at radius 3 is 3.04 bits per heavy atom. The Morgan fingerprint density at radius 1 is 1.46 bits per heavy atom. The predicted molar refractivity (Wildman–Crippen MR) is 97.7 cm³/mol. The average Bonchev–Trinajstić information content (AvgIpc) is 3.23. The van der Waals surface area contributed by atoms with Crippen LogP contribution >= 0.6 is 11.3 Å². The molecule has 0 saturated carbocycles. The van der Waals surface area contributed by atoms with Gasteiger partial charge < -0.3 is 14.8 Å². The van der Waals surface area contributed by atoms with Crippen molar-refractivity contribution in [1.82, 2.24) is 24.9 Å². The van der Waals surface area contributed by atoms with Crippen molar-refractivity contribution in [1.29, 1.82) is 0 Å². The van der Waals surface area contributed by atoms with Crippen LogP contribution in [0.5, 0.6) is 0 Å². The number of carbonyl (C=O) groups is 1. The van der Waals surface area contributed by atoms with E-state index in [0.717, 1.165) is 23.1 Å². The largest absolute Gasteiger partial charge is 0.354 e. The number of rotatable bonds is 5. The molecule has 138 valence electrons. The third-order valence-corrected chi connectivity index (χ3v) is 6.01. The van der Waals surface area contributed by atoms with Gasteiger partial charge in [-0.2, -0.15) is 0 Å². The van der Waals surface area contributed by atoms with Crippen molar-refractivity contribution in [2.45, 2.75) is 38.4 Å². The summed E-state index contributed by atoms with van der Waals surface area (Å²) >= 11 is 1.73. The number of methoxy groups -OCH3 is 2. The molecule has 4 rings (SSSR count). The van der Waals surface area contributed by atoms with E-state index in [0.29, 0.717) is 11.6 Å². The Hall–Kier alpha value is -2.10. The van der Waals surface area contributed by atoms with Gasteiger partial charge in [-0.15, -0.1) is 16.4 Å². The highest BCUT2D eigenvalue weighted by Crippen LogP contribution is 2.42. The van der Waals surface area contributed by atoms with Gasteiger partial charge in [-0.3, -0.25) is 4.79 Å². The molecule has 3 heterocycles. The first-order valence-corrected chi connectivity index (χ1v) is 9.44. The summed E-state index contributed by atoms with van der Waals surface area (Å²) in [6, 6.07) is 0. The number of thiophene rings is 1. The Balaban J connectivity index is 1.72. The van der Waals surface area contributed by atoms with E-state index in [-0.39, 0.29) is 18.3 Å². The molecule has 0 spiro atoms. The fourth-order valence-corrected chi connectivity index (χ4v) is 4.80. The van der Waals surface area contributed by atoms with Crippen molar-refractivity contribution in [3.8, 4) is 0 Å². The SMILES string of the molecule is COC(CNC(=O)c1nc2c3c4c(sc3ncn2n1)CCC[C@H]4C)OC. The van der Waals surface area contributed by atoms with E-state index in [1.807, 2.05) is 0 Å². The molecule has 1 aliphatic carbocycles. The molecule has 1 N–H and O–H groups in total. The summed E-state index contributed by atoms with van der Waals surface area (Å²) in [5.74, 6) is 0.227. The first-order valence-electron chi connectivity index (χ1n) is 8.62. The molecule has 1 atom stereocenters. The molecule has 0 fully saturated rings. The number of hydrogen-bond donors (Lipinski definition) is 1. The van der Waals surface area contributed by atoms with Crippen LogP contribution < -0.4 is 5.32 Å². The van der Waals surface area contributed by atoms with Crippen LogP contribution in [-0.4, -0.2) is 52.5 Å². The molecule has 8 nitrogen and oxygen atoms in total. The number of amides is 1. The van der Waals surface area contributed by atoms with Gasteiger partial charge in [-0.05, 0) is 30.7 Å². The van der Waals surface area contributed by atoms with Crippen LogP contribution in [0.2, 0.25) is 0 Å². The number of fused-ring (bicyclic) bond motifs is 5. The van der Waals surface area contributed by atoms with Crippen LogP contribution in [0.3, 0.4) is 0 Å². The molecular formula is C17H21N5O3S. The molecule has 0 bridgehead atoms. The van der Waals surface area contributed by atoms with E-state index >= 15 is 0 Å². The topological polar surface area (TPSA) is 90.6 Å². The Bertz CT molecular complexity index is 962. The second kappa shape index (κ2) is 6.90. The fraction of sp³-hybridized carbons (Fsp3) is 0.529. The van der Waals surface area contributed by atoms with E-state index in [1.54, 1.807) is 22.2 Å². The lowest BCUT2D eigenvalue weighted by molar-refractivity contribution is -0.0974. The lowest BCUT2D eigenvalue weighted by Gasteiger charge is -2.18. The second-order valence-electron chi connectivity index (χ2n) is 6.47. The van der Waals surface area contributed by atoms with E-state index in [1.165, 1.54) is 31.1 Å². The van der Waals surface area contributed by atoms with Crippen molar-refractivity contribution in [3.05, 3.63) is 22.6 Å². The van der Waals surface area contributed by atoms with Crippen LogP contribution in [-0.2, 0) is 15.9 Å². The lowest BCUT2D eigenvalue weighted by atomic mass is 9.87. The van der Waals surface area contributed by atoms with Gasteiger partial charge in [0.05, 0.1) is 11.9 Å². The van der Waals surface area contributed by atoms with Gasteiger partial charge in [0.1, 0.15) is 11.2 Å². The van der Waals surface area contributed by atoms with E-state index in [9.17, 15) is 4.79 Å². The van der Waals surface area contributed by atoms with Gasteiger partial charge >= 0.3 is 0 Å². The lowest BCUT2D eigenvalue weighted by Crippen LogP contribution is -2.34. The summed E-state index contributed by atoms with van der Waals surface area (Å²) in [5.41, 5.74) is 2.02. The third kappa shape index (κ3) is 2.85.